The third-order valence-corrected chi connectivity index (χ3v) is 1.52. The van der Waals surface area contributed by atoms with Crippen molar-refractivity contribution in [2.45, 2.75) is 19.8 Å². The van der Waals surface area contributed by atoms with E-state index in [-0.39, 0.29) is 5.78 Å². The highest BCUT2D eigenvalue weighted by Gasteiger charge is 2.01. The van der Waals surface area contributed by atoms with Gasteiger partial charge in [-0.05, 0) is 19.1 Å². The Morgan fingerprint density at radius 2 is 2.33 bits per heavy atom. The van der Waals surface area contributed by atoms with E-state index in [0.29, 0.717) is 30.6 Å². The summed E-state index contributed by atoms with van der Waals surface area (Å²) in [5.74, 6) is 1.12. The van der Waals surface area contributed by atoms with E-state index in [1.165, 1.54) is 6.92 Å². The number of aryl methyl sites for hydroxylation is 1. The van der Waals surface area contributed by atoms with Crippen LogP contribution in [0.3, 0.4) is 0 Å². The molecule has 64 valence electrons. The van der Waals surface area contributed by atoms with E-state index in [1.807, 2.05) is 0 Å². The molecule has 1 rings (SSSR count). The number of ketones is 1. The highest BCUT2D eigenvalue weighted by molar-refractivity contribution is 5.75. The first-order valence-corrected chi connectivity index (χ1v) is 3.75. The van der Waals surface area contributed by atoms with Crippen LogP contribution in [0.25, 0.3) is 0 Å². The van der Waals surface area contributed by atoms with Crippen LogP contribution in [0.4, 0.5) is 0 Å². The molecular formula is C9H10O3. The maximum atomic E-state index is 10.6. The average Bonchev–Trinajstić information content (AvgIpc) is 2.48. The van der Waals surface area contributed by atoms with Crippen molar-refractivity contribution in [3.05, 3.63) is 23.7 Å². The number of hydrogen-bond acceptors (Lipinski definition) is 3. The average molecular weight is 166 g/mol. The Labute approximate surface area is 70.4 Å². The van der Waals surface area contributed by atoms with Crippen LogP contribution >= 0.6 is 0 Å². The summed E-state index contributed by atoms with van der Waals surface area (Å²) in [6, 6.07) is 3.31. The molecule has 0 saturated heterocycles. The van der Waals surface area contributed by atoms with Crippen molar-refractivity contribution in [3.8, 4) is 0 Å². The van der Waals surface area contributed by atoms with Gasteiger partial charge in [-0.2, -0.15) is 0 Å². The summed E-state index contributed by atoms with van der Waals surface area (Å²) in [5.41, 5.74) is 0. The van der Waals surface area contributed by atoms with Crippen LogP contribution in [0.15, 0.2) is 16.5 Å². The molecule has 0 atom stereocenters. The van der Waals surface area contributed by atoms with Gasteiger partial charge in [0.15, 0.2) is 12.0 Å². The second kappa shape index (κ2) is 3.85. The Morgan fingerprint density at radius 3 is 2.83 bits per heavy atom. The minimum atomic E-state index is 0.124. The Bertz CT molecular complexity index is 286. The number of furan rings is 1. The normalized spacial score (nSPS) is 9.75. The molecule has 0 saturated carbocycles. The molecule has 0 unspecified atom stereocenters. The predicted molar refractivity (Wildman–Crippen MR) is 43.1 cm³/mol. The van der Waals surface area contributed by atoms with Gasteiger partial charge < -0.3 is 9.21 Å². The summed E-state index contributed by atoms with van der Waals surface area (Å²) in [6.45, 7) is 1.53. The highest BCUT2D eigenvalue weighted by atomic mass is 16.3. The van der Waals surface area contributed by atoms with Crippen LogP contribution in [-0.4, -0.2) is 12.1 Å². The van der Waals surface area contributed by atoms with Gasteiger partial charge in [0, 0.05) is 12.8 Å². The number of Topliss-reactive ketones (excluding diaryl/α,β-unsaturated/α-hetero) is 1. The molecule has 0 fully saturated rings. The van der Waals surface area contributed by atoms with E-state index >= 15 is 0 Å². The van der Waals surface area contributed by atoms with E-state index in [0.717, 1.165) is 0 Å². The minimum Gasteiger partial charge on any atom is -0.458 e. The molecule has 3 heteroatoms. The quantitative estimate of drug-likeness (QED) is 0.638. The van der Waals surface area contributed by atoms with Crippen LogP contribution < -0.4 is 0 Å². The maximum absolute atomic E-state index is 10.6. The van der Waals surface area contributed by atoms with E-state index < -0.39 is 0 Å². The second-order valence-electron chi connectivity index (χ2n) is 2.62. The van der Waals surface area contributed by atoms with Gasteiger partial charge in [0.05, 0.1) is 0 Å². The van der Waals surface area contributed by atoms with Gasteiger partial charge in [0.25, 0.3) is 0 Å². The molecule has 12 heavy (non-hydrogen) atoms. The largest absolute Gasteiger partial charge is 0.458 e. The predicted octanol–water partition coefficient (Wildman–Crippen LogP) is 1.61. The standard InChI is InChI=1S/C9H10O3/c1-7(11)2-3-8-4-5-9(6-10)12-8/h4-6H,2-3H2,1H3. The Morgan fingerprint density at radius 1 is 1.58 bits per heavy atom. The molecule has 1 heterocycles. The lowest BCUT2D eigenvalue weighted by molar-refractivity contribution is -0.117. The lowest BCUT2D eigenvalue weighted by Gasteiger charge is -1.91. The van der Waals surface area contributed by atoms with Crippen LogP contribution in [0, 0.1) is 0 Å². The summed E-state index contributed by atoms with van der Waals surface area (Å²) < 4.78 is 5.06. The maximum Gasteiger partial charge on any atom is 0.185 e. The van der Waals surface area contributed by atoms with Gasteiger partial charge in [-0.1, -0.05) is 0 Å². The third kappa shape index (κ3) is 2.34. The lowest BCUT2D eigenvalue weighted by atomic mass is 10.2. The summed E-state index contributed by atoms with van der Waals surface area (Å²) in [6.07, 6.45) is 1.69. The van der Waals surface area contributed by atoms with Gasteiger partial charge >= 0.3 is 0 Å². The molecule has 0 bridgehead atoms. The first-order valence-electron chi connectivity index (χ1n) is 3.75. The Kier molecular flexibility index (Phi) is 2.80. The fourth-order valence-electron chi connectivity index (χ4n) is 0.891. The molecule has 3 nitrogen and oxygen atoms in total. The van der Waals surface area contributed by atoms with Gasteiger partial charge in [-0.3, -0.25) is 4.79 Å². The Hall–Kier alpha value is -1.38. The fraction of sp³-hybridized carbons (Fsp3) is 0.333. The summed E-state index contributed by atoms with van der Waals surface area (Å²) in [5, 5.41) is 0. The van der Waals surface area contributed by atoms with Gasteiger partial charge in [0.2, 0.25) is 0 Å². The second-order valence-corrected chi connectivity index (χ2v) is 2.62. The molecule has 0 radical (unpaired) electrons. The van der Waals surface area contributed by atoms with E-state index in [1.54, 1.807) is 12.1 Å². The summed E-state index contributed by atoms with van der Waals surface area (Å²) >= 11 is 0. The number of hydrogen-bond donors (Lipinski definition) is 0. The lowest BCUT2D eigenvalue weighted by Crippen LogP contribution is -1.92. The van der Waals surface area contributed by atoms with Gasteiger partial charge in [-0.25, -0.2) is 0 Å². The summed E-state index contributed by atoms with van der Waals surface area (Å²) in [7, 11) is 0. The number of rotatable bonds is 4. The molecule has 1 aromatic rings. The minimum absolute atomic E-state index is 0.124. The molecule has 0 spiro atoms. The zero-order chi connectivity index (χ0) is 8.97. The number of carbonyl (C=O) groups excluding carboxylic acids is 2. The first kappa shape index (κ1) is 8.71. The Balaban J connectivity index is 2.52. The van der Waals surface area contributed by atoms with Crippen molar-refractivity contribution in [3.63, 3.8) is 0 Å². The molecule has 0 aliphatic rings. The SMILES string of the molecule is CC(=O)CCc1ccc(C=O)o1. The monoisotopic (exact) mass is 166 g/mol. The molecule has 0 N–H and O–H groups in total. The molecule has 0 aliphatic heterocycles. The highest BCUT2D eigenvalue weighted by Crippen LogP contribution is 2.07. The van der Waals surface area contributed by atoms with Crippen molar-refractivity contribution < 1.29 is 14.0 Å². The van der Waals surface area contributed by atoms with Crippen molar-refractivity contribution in [2.24, 2.45) is 0 Å². The van der Waals surface area contributed by atoms with E-state index in [2.05, 4.69) is 0 Å². The topological polar surface area (TPSA) is 47.3 Å². The van der Waals surface area contributed by atoms with Crippen molar-refractivity contribution in [2.75, 3.05) is 0 Å². The van der Waals surface area contributed by atoms with E-state index in [4.69, 9.17) is 4.42 Å². The molecule has 0 aliphatic carbocycles. The molecular weight excluding hydrogens is 156 g/mol. The van der Waals surface area contributed by atoms with Crippen LogP contribution in [0.5, 0.6) is 0 Å². The van der Waals surface area contributed by atoms with Crippen LogP contribution in [-0.2, 0) is 11.2 Å². The van der Waals surface area contributed by atoms with Gasteiger partial charge in [0.1, 0.15) is 11.5 Å². The molecule has 0 aromatic carbocycles. The van der Waals surface area contributed by atoms with Crippen LogP contribution in [0.1, 0.15) is 29.7 Å². The van der Waals surface area contributed by atoms with Crippen molar-refractivity contribution in [1.29, 1.82) is 0 Å². The van der Waals surface area contributed by atoms with Crippen molar-refractivity contribution >= 4 is 12.1 Å². The number of carbonyl (C=O) groups is 2. The molecule has 1 aromatic heterocycles. The number of aldehydes is 1. The van der Waals surface area contributed by atoms with E-state index in [9.17, 15) is 9.59 Å². The van der Waals surface area contributed by atoms with Crippen LogP contribution in [0.2, 0.25) is 0 Å². The first-order chi connectivity index (χ1) is 5.72. The van der Waals surface area contributed by atoms with Crippen molar-refractivity contribution in [1.82, 2.24) is 0 Å². The van der Waals surface area contributed by atoms with Gasteiger partial charge in [-0.15, -0.1) is 0 Å². The zero-order valence-electron chi connectivity index (χ0n) is 6.87. The summed E-state index contributed by atoms with van der Waals surface area (Å²) in [4.78, 5) is 20.8. The third-order valence-electron chi connectivity index (χ3n) is 1.52. The zero-order valence-corrected chi connectivity index (χ0v) is 6.87. The fourth-order valence-corrected chi connectivity index (χ4v) is 0.891. The smallest absolute Gasteiger partial charge is 0.185 e. The molecule has 0 amide bonds.